The fraction of sp³-hybridized carbons (Fsp3) is 0.765. The zero-order valence-electron chi connectivity index (χ0n) is 14.2. The van der Waals surface area contributed by atoms with Gasteiger partial charge < -0.3 is 10.6 Å². The van der Waals surface area contributed by atoms with Gasteiger partial charge in [0.05, 0.1) is 5.54 Å². The van der Waals surface area contributed by atoms with Crippen molar-refractivity contribution in [1.82, 2.24) is 14.7 Å². The summed E-state index contributed by atoms with van der Waals surface area (Å²) in [7, 11) is 0. The minimum Gasteiger partial charge on any atom is -0.337 e. The van der Waals surface area contributed by atoms with Crippen LogP contribution in [0.5, 0.6) is 0 Å². The lowest BCUT2D eigenvalue weighted by Gasteiger charge is -2.23. The van der Waals surface area contributed by atoms with Crippen molar-refractivity contribution in [1.29, 1.82) is 0 Å². The molecule has 0 aromatic carbocycles. The summed E-state index contributed by atoms with van der Waals surface area (Å²) in [6.07, 6.45) is 3.40. The van der Waals surface area contributed by atoms with Crippen molar-refractivity contribution in [2.45, 2.75) is 58.4 Å². The normalized spacial score (nSPS) is 25.8. The van der Waals surface area contributed by atoms with E-state index in [2.05, 4.69) is 37.5 Å². The Labute approximate surface area is 132 Å². The molecule has 1 unspecified atom stereocenters. The molecular weight excluding hydrogens is 276 g/mol. The predicted octanol–water partition coefficient (Wildman–Crippen LogP) is 2.33. The number of aromatic nitrogens is 2. The van der Waals surface area contributed by atoms with Crippen LogP contribution in [0.3, 0.4) is 0 Å². The number of nitrogens with zero attached hydrogens (tertiary/aromatic N) is 3. The van der Waals surface area contributed by atoms with Gasteiger partial charge in [-0.3, -0.25) is 9.48 Å². The first kappa shape index (κ1) is 15.5. The van der Waals surface area contributed by atoms with Crippen LogP contribution in [0.1, 0.15) is 69.1 Å². The van der Waals surface area contributed by atoms with Crippen molar-refractivity contribution in [3.05, 3.63) is 17.5 Å². The molecule has 0 bridgehead atoms. The highest BCUT2D eigenvalue weighted by Gasteiger charge is 2.37. The van der Waals surface area contributed by atoms with Gasteiger partial charge in [-0.25, -0.2) is 0 Å². The number of carbonyl (C=O) groups is 1. The summed E-state index contributed by atoms with van der Waals surface area (Å²) in [5.74, 6) is 0.642. The van der Waals surface area contributed by atoms with E-state index in [1.54, 1.807) is 0 Å². The molecule has 1 saturated heterocycles. The van der Waals surface area contributed by atoms with Gasteiger partial charge >= 0.3 is 0 Å². The van der Waals surface area contributed by atoms with Crippen molar-refractivity contribution < 1.29 is 4.79 Å². The second-order valence-corrected chi connectivity index (χ2v) is 8.30. The molecule has 2 aliphatic rings. The molecule has 1 saturated carbocycles. The molecule has 2 N–H and O–H groups in total. The summed E-state index contributed by atoms with van der Waals surface area (Å²) in [5, 5.41) is 4.66. The van der Waals surface area contributed by atoms with E-state index in [9.17, 15) is 4.79 Å². The largest absolute Gasteiger partial charge is 0.337 e. The summed E-state index contributed by atoms with van der Waals surface area (Å²) < 4.78 is 2.05. The lowest BCUT2D eigenvalue weighted by molar-refractivity contribution is 0.0769. The fourth-order valence-corrected chi connectivity index (χ4v) is 3.23. The Morgan fingerprint density at radius 3 is 2.64 bits per heavy atom. The van der Waals surface area contributed by atoms with Gasteiger partial charge in [0.25, 0.3) is 5.91 Å². The van der Waals surface area contributed by atoms with E-state index >= 15 is 0 Å². The van der Waals surface area contributed by atoms with Crippen LogP contribution in [-0.2, 0) is 5.54 Å². The van der Waals surface area contributed by atoms with Crippen LogP contribution in [0.2, 0.25) is 0 Å². The second-order valence-electron chi connectivity index (χ2n) is 8.30. The first-order valence-electron chi connectivity index (χ1n) is 8.33. The topological polar surface area (TPSA) is 64.2 Å². The maximum Gasteiger partial charge on any atom is 0.274 e. The number of hydrogen-bond acceptors (Lipinski definition) is 3. The molecular formula is C17H28N4O. The molecule has 1 aliphatic carbocycles. The van der Waals surface area contributed by atoms with Crippen molar-refractivity contribution in [3.63, 3.8) is 0 Å². The third kappa shape index (κ3) is 2.78. The molecule has 2 heterocycles. The maximum atomic E-state index is 12.8. The molecule has 2 fully saturated rings. The highest BCUT2D eigenvalue weighted by Crippen LogP contribution is 2.42. The Hall–Kier alpha value is -1.36. The Balaban J connectivity index is 1.85. The van der Waals surface area contributed by atoms with Crippen LogP contribution in [-0.4, -0.2) is 40.2 Å². The Bertz CT molecular complexity index is 582. The summed E-state index contributed by atoms with van der Waals surface area (Å²) in [6.45, 7) is 10.7. The third-order valence-corrected chi connectivity index (χ3v) is 4.92. The molecule has 0 radical (unpaired) electrons. The third-order valence-electron chi connectivity index (χ3n) is 4.92. The second kappa shape index (κ2) is 5.08. The predicted molar refractivity (Wildman–Crippen MR) is 86.9 cm³/mol. The van der Waals surface area contributed by atoms with Gasteiger partial charge in [0.15, 0.2) is 5.69 Å². The minimum atomic E-state index is -0.0900. The Kier molecular flexibility index (Phi) is 3.59. The number of likely N-dealkylation sites (tertiary alicyclic amines) is 1. The molecule has 122 valence electrons. The fourth-order valence-electron chi connectivity index (χ4n) is 3.23. The SMILES string of the molecule is CC1(CN)CCN(C(=O)c2cc(C3CC3)n(C(C)(C)C)n2)C1. The summed E-state index contributed by atoms with van der Waals surface area (Å²) in [4.78, 5) is 14.7. The number of hydrogen-bond donors (Lipinski definition) is 1. The molecule has 0 spiro atoms. The van der Waals surface area contributed by atoms with Gasteiger partial charge in [-0.15, -0.1) is 0 Å². The van der Waals surface area contributed by atoms with E-state index < -0.39 is 0 Å². The van der Waals surface area contributed by atoms with Crippen LogP contribution in [0.4, 0.5) is 0 Å². The number of carbonyl (C=O) groups excluding carboxylic acids is 1. The van der Waals surface area contributed by atoms with Gasteiger partial charge in [0, 0.05) is 24.7 Å². The summed E-state index contributed by atoms with van der Waals surface area (Å²) >= 11 is 0. The lowest BCUT2D eigenvalue weighted by atomic mass is 9.90. The highest BCUT2D eigenvalue weighted by atomic mass is 16.2. The van der Waals surface area contributed by atoms with Crippen molar-refractivity contribution in [2.24, 2.45) is 11.1 Å². The zero-order valence-corrected chi connectivity index (χ0v) is 14.2. The van der Waals surface area contributed by atoms with Crippen LogP contribution >= 0.6 is 0 Å². The smallest absolute Gasteiger partial charge is 0.274 e. The van der Waals surface area contributed by atoms with Gasteiger partial charge in [0.2, 0.25) is 0 Å². The minimum absolute atomic E-state index is 0.0571. The lowest BCUT2D eigenvalue weighted by Crippen LogP contribution is -2.35. The van der Waals surface area contributed by atoms with Crippen molar-refractivity contribution in [3.8, 4) is 0 Å². The molecule has 22 heavy (non-hydrogen) atoms. The summed E-state index contributed by atoms with van der Waals surface area (Å²) in [6, 6.07) is 2.02. The van der Waals surface area contributed by atoms with Gasteiger partial charge in [-0.2, -0.15) is 5.10 Å². The van der Waals surface area contributed by atoms with Gasteiger partial charge in [-0.05, 0) is 58.1 Å². The van der Waals surface area contributed by atoms with Crippen LogP contribution in [0.15, 0.2) is 6.07 Å². The number of amides is 1. The first-order chi connectivity index (χ1) is 10.2. The standard InChI is InChI=1S/C17H28N4O/c1-16(2,3)21-14(12-5-6-12)9-13(19-21)15(22)20-8-7-17(4,10-18)11-20/h9,12H,5-8,10-11,18H2,1-4H3. The van der Waals surface area contributed by atoms with Crippen molar-refractivity contribution >= 4 is 5.91 Å². The Morgan fingerprint density at radius 2 is 2.14 bits per heavy atom. The molecule has 1 aromatic heterocycles. The monoisotopic (exact) mass is 304 g/mol. The molecule has 1 aliphatic heterocycles. The van der Waals surface area contributed by atoms with E-state index in [1.807, 2.05) is 11.0 Å². The highest BCUT2D eigenvalue weighted by molar-refractivity contribution is 5.92. The average molecular weight is 304 g/mol. The maximum absolute atomic E-state index is 12.8. The van der Waals surface area contributed by atoms with E-state index in [1.165, 1.54) is 18.5 Å². The quantitative estimate of drug-likeness (QED) is 0.932. The van der Waals surface area contributed by atoms with E-state index in [4.69, 9.17) is 5.73 Å². The van der Waals surface area contributed by atoms with Crippen molar-refractivity contribution in [2.75, 3.05) is 19.6 Å². The molecule has 5 nitrogen and oxygen atoms in total. The molecule has 5 heteroatoms. The van der Waals surface area contributed by atoms with E-state index in [0.29, 0.717) is 18.2 Å². The molecule has 1 amide bonds. The van der Waals surface area contributed by atoms with Crippen LogP contribution in [0, 0.1) is 5.41 Å². The van der Waals surface area contributed by atoms with E-state index in [0.717, 1.165) is 19.5 Å². The zero-order chi connectivity index (χ0) is 16.1. The van der Waals surface area contributed by atoms with Gasteiger partial charge in [-0.1, -0.05) is 6.92 Å². The average Bonchev–Trinajstić information content (AvgIpc) is 3.06. The summed E-state index contributed by atoms with van der Waals surface area (Å²) in [5.41, 5.74) is 7.63. The first-order valence-corrected chi connectivity index (χ1v) is 8.33. The van der Waals surface area contributed by atoms with E-state index in [-0.39, 0.29) is 16.9 Å². The van der Waals surface area contributed by atoms with Crippen LogP contribution in [0.25, 0.3) is 0 Å². The van der Waals surface area contributed by atoms with Gasteiger partial charge in [0.1, 0.15) is 0 Å². The van der Waals surface area contributed by atoms with Crippen LogP contribution < -0.4 is 5.73 Å². The Morgan fingerprint density at radius 1 is 1.45 bits per heavy atom. The molecule has 3 rings (SSSR count). The number of rotatable bonds is 3. The molecule has 1 aromatic rings. The molecule has 1 atom stereocenters. The number of nitrogens with two attached hydrogens (primary N) is 1.